The smallest absolute Gasteiger partial charge is 0.336 e. The van der Waals surface area contributed by atoms with Crippen LogP contribution in [-0.4, -0.2) is 22.9 Å². The maximum absolute atomic E-state index is 12.6. The number of aromatic carboxylic acids is 1. The van der Waals surface area contributed by atoms with Crippen LogP contribution >= 0.6 is 11.6 Å². The van der Waals surface area contributed by atoms with Gasteiger partial charge in [0, 0.05) is 10.6 Å². The van der Waals surface area contributed by atoms with Gasteiger partial charge in [-0.25, -0.2) is 9.80 Å². The van der Waals surface area contributed by atoms with Crippen molar-refractivity contribution in [3.8, 4) is 11.3 Å². The lowest BCUT2D eigenvalue weighted by Gasteiger charge is -2.13. The van der Waals surface area contributed by atoms with Gasteiger partial charge in [0.15, 0.2) is 0 Å². The molecule has 0 radical (unpaired) electrons. The summed E-state index contributed by atoms with van der Waals surface area (Å²) in [7, 11) is 0. The number of carboxylic acids is 1. The second kappa shape index (κ2) is 7.29. The molecule has 0 bridgehead atoms. The topological polar surface area (TPSA) is 99.9 Å². The van der Waals surface area contributed by atoms with Crippen molar-refractivity contribution in [2.24, 2.45) is 0 Å². The number of carboxylic acid groups (broad SMARTS) is 1. The Morgan fingerprint density at radius 3 is 2.55 bits per heavy atom. The highest BCUT2D eigenvalue weighted by molar-refractivity contribution is 6.32. The number of nitrogens with zero attached hydrogens (tertiary/aromatic N) is 1. The highest BCUT2D eigenvalue weighted by Crippen LogP contribution is 2.30. The van der Waals surface area contributed by atoms with E-state index in [0.717, 1.165) is 5.01 Å². The number of benzene rings is 2. The van der Waals surface area contributed by atoms with E-state index in [2.05, 4.69) is 5.43 Å². The first-order chi connectivity index (χ1) is 13.9. The van der Waals surface area contributed by atoms with Crippen LogP contribution in [0.25, 0.3) is 17.4 Å². The molecule has 4 rings (SSSR count). The maximum Gasteiger partial charge on any atom is 0.336 e. The summed E-state index contributed by atoms with van der Waals surface area (Å²) in [5.41, 5.74) is 3.25. The number of hydrogen-bond acceptors (Lipinski definition) is 4. The van der Waals surface area contributed by atoms with E-state index in [9.17, 15) is 19.5 Å². The molecule has 1 aliphatic rings. The summed E-state index contributed by atoms with van der Waals surface area (Å²) in [6.07, 6.45) is 1.32. The van der Waals surface area contributed by atoms with E-state index in [-0.39, 0.29) is 27.7 Å². The van der Waals surface area contributed by atoms with Crippen molar-refractivity contribution in [3.05, 3.63) is 82.6 Å². The van der Waals surface area contributed by atoms with Gasteiger partial charge in [-0.2, -0.15) is 0 Å². The van der Waals surface area contributed by atoms with Crippen molar-refractivity contribution in [2.45, 2.75) is 0 Å². The molecule has 1 saturated heterocycles. The lowest BCUT2D eigenvalue weighted by atomic mass is 10.1. The zero-order valence-corrected chi connectivity index (χ0v) is 15.5. The number of para-hydroxylation sites is 1. The minimum atomic E-state index is -1.15. The molecule has 1 fully saturated rings. The van der Waals surface area contributed by atoms with Crippen LogP contribution in [-0.2, 0) is 9.59 Å². The van der Waals surface area contributed by atoms with Crippen LogP contribution in [0.15, 0.2) is 70.7 Å². The number of amides is 2. The van der Waals surface area contributed by atoms with Crippen LogP contribution in [0.4, 0.5) is 5.69 Å². The summed E-state index contributed by atoms with van der Waals surface area (Å²) in [5.74, 6) is -1.72. The molecule has 144 valence electrons. The Kier molecular flexibility index (Phi) is 4.66. The Morgan fingerprint density at radius 2 is 1.83 bits per heavy atom. The largest absolute Gasteiger partial charge is 0.478 e. The molecule has 2 heterocycles. The van der Waals surface area contributed by atoms with Crippen LogP contribution in [0.2, 0.25) is 5.02 Å². The molecule has 0 aliphatic carbocycles. The zero-order valence-electron chi connectivity index (χ0n) is 14.8. The molecule has 0 atom stereocenters. The van der Waals surface area contributed by atoms with E-state index in [1.165, 1.54) is 18.2 Å². The van der Waals surface area contributed by atoms with Gasteiger partial charge in [0.05, 0.1) is 11.3 Å². The monoisotopic (exact) mass is 408 g/mol. The quantitative estimate of drug-likeness (QED) is 0.505. The highest BCUT2D eigenvalue weighted by Gasteiger charge is 2.34. The van der Waals surface area contributed by atoms with Crippen LogP contribution in [0, 0.1) is 0 Å². The molecule has 1 aliphatic heterocycles. The summed E-state index contributed by atoms with van der Waals surface area (Å²) in [6, 6.07) is 16.2. The molecule has 7 nitrogen and oxygen atoms in total. The van der Waals surface area contributed by atoms with Crippen molar-refractivity contribution >= 4 is 41.1 Å². The molecule has 1 aromatic heterocycles. The van der Waals surface area contributed by atoms with Crippen molar-refractivity contribution in [2.75, 3.05) is 5.01 Å². The SMILES string of the molecule is O=C1NN(c2ccccc2)C(=O)/C1=C\c1ccc(-c2ccc(Cl)cc2C(=O)O)o1. The predicted molar refractivity (Wildman–Crippen MR) is 106 cm³/mol. The van der Waals surface area contributed by atoms with Crippen LogP contribution in [0.5, 0.6) is 0 Å². The van der Waals surface area contributed by atoms with E-state index in [1.54, 1.807) is 48.5 Å². The fourth-order valence-corrected chi connectivity index (χ4v) is 3.11. The van der Waals surface area contributed by atoms with Gasteiger partial charge in [-0.3, -0.25) is 15.0 Å². The number of hydrazine groups is 1. The number of halogens is 1. The second-order valence-electron chi connectivity index (χ2n) is 6.17. The predicted octanol–water partition coefficient (Wildman–Crippen LogP) is 3.76. The Hall–Kier alpha value is -3.84. The zero-order chi connectivity index (χ0) is 20.5. The number of anilines is 1. The number of carbonyl (C=O) groups excluding carboxylic acids is 2. The van der Waals surface area contributed by atoms with Gasteiger partial charge in [0.2, 0.25) is 0 Å². The molecule has 0 spiro atoms. The number of nitrogens with one attached hydrogen (secondary N) is 1. The summed E-state index contributed by atoms with van der Waals surface area (Å²) < 4.78 is 5.67. The van der Waals surface area contributed by atoms with Gasteiger partial charge in [-0.1, -0.05) is 29.8 Å². The first kappa shape index (κ1) is 18.5. The van der Waals surface area contributed by atoms with Gasteiger partial charge in [-0.15, -0.1) is 0 Å². The first-order valence-electron chi connectivity index (χ1n) is 8.49. The third-order valence-corrected chi connectivity index (χ3v) is 4.53. The first-order valence-corrected chi connectivity index (χ1v) is 8.87. The van der Waals surface area contributed by atoms with Gasteiger partial charge in [-0.05, 0) is 48.5 Å². The van der Waals surface area contributed by atoms with Crippen LogP contribution < -0.4 is 10.4 Å². The Balaban J connectivity index is 1.66. The molecular formula is C21H13ClN2O5. The average Bonchev–Trinajstić information content (AvgIpc) is 3.28. The number of carbonyl (C=O) groups is 3. The summed E-state index contributed by atoms with van der Waals surface area (Å²) in [6.45, 7) is 0. The van der Waals surface area contributed by atoms with E-state index in [0.29, 0.717) is 11.3 Å². The normalized spacial score (nSPS) is 15.1. The van der Waals surface area contributed by atoms with Crippen molar-refractivity contribution < 1.29 is 23.9 Å². The molecule has 2 aromatic carbocycles. The highest BCUT2D eigenvalue weighted by atomic mass is 35.5. The standard InChI is InChI=1S/C21H13ClN2O5/c22-12-6-8-15(16(10-12)21(27)28)18-9-7-14(29-18)11-17-19(25)23-24(20(17)26)13-4-2-1-3-5-13/h1-11H,(H,23,25)(H,27,28)/b17-11-. The molecule has 2 amide bonds. The molecule has 8 heteroatoms. The lowest BCUT2D eigenvalue weighted by Crippen LogP contribution is -2.35. The number of hydrogen-bond donors (Lipinski definition) is 2. The van der Waals surface area contributed by atoms with Gasteiger partial charge in [0.25, 0.3) is 11.8 Å². The second-order valence-corrected chi connectivity index (χ2v) is 6.61. The maximum atomic E-state index is 12.6. The molecule has 0 saturated carbocycles. The van der Waals surface area contributed by atoms with E-state index in [4.69, 9.17) is 16.0 Å². The Labute approximate surface area is 169 Å². The van der Waals surface area contributed by atoms with E-state index < -0.39 is 17.8 Å². The summed E-state index contributed by atoms with van der Waals surface area (Å²) in [4.78, 5) is 36.3. The molecule has 29 heavy (non-hydrogen) atoms. The summed E-state index contributed by atoms with van der Waals surface area (Å²) >= 11 is 5.87. The molecule has 0 unspecified atom stereocenters. The average molecular weight is 409 g/mol. The molecular weight excluding hydrogens is 396 g/mol. The van der Waals surface area contributed by atoms with E-state index in [1.807, 2.05) is 0 Å². The van der Waals surface area contributed by atoms with E-state index >= 15 is 0 Å². The van der Waals surface area contributed by atoms with Crippen molar-refractivity contribution in [1.82, 2.24) is 5.43 Å². The van der Waals surface area contributed by atoms with Crippen LogP contribution in [0.3, 0.4) is 0 Å². The van der Waals surface area contributed by atoms with Crippen molar-refractivity contribution in [1.29, 1.82) is 0 Å². The lowest BCUT2D eigenvalue weighted by molar-refractivity contribution is -0.117. The molecule has 3 aromatic rings. The van der Waals surface area contributed by atoms with Gasteiger partial charge < -0.3 is 9.52 Å². The van der Waals surface area contributed by atoms with Gasteiger partial charge >= 0.3 is 5.97 Å². The fraction of sp³-hybridized carbons (Fsp3) is 0. The third kappa shape index (κ3) is 3.51. The Morgan fingerprint density at radius 1 is 1.07 bits per heavy atom. The number of furan rings is 1. The summed E-state index contributed by atoms with van der Waals surface area (Å²) in [5, 5.41) is 10.8. The molecule has 2 N–H and O–H groups in total. The Bertz CT molecular complexity index is 1170. The minimum Gasteiger partial charge on any atom is -0.478 e. The number of rotatable bonds is 4. The minimum absolute atomic E-state index is 0.0176. The third-order valence-electron chi connectivity index (χ3n) is 4.30. The van der Waals surface area contributed by atoms with Crippen molar-refractivity contribution in [3.63, 3.8) is 0 Å². The van der Waals surface area contributed by atoms with Gasteiger partial charge in [0.1, 0.15) is 17.1 Å². The fourth-order valence-electron chi connectivity index (χ4n) is 2.94. The van der Waals surface area contributed by atoms with Crippen LogP contribution in [0.1, 0.15) is 16.1 Å².